The van der Waals surface area contributed by atoms with Gasteiger partial charge in [-0.15, -0.1) is 0 Å². The second kappa shape index (κ2) is 6.09. The van der Waals surface area contributed by atoms with Crippen LogP contribution in [0.2, 0.25) is 0 Å². The minimum atomic E-state index is 0.319. The Hall–Kier alpha value is -1.23. The van der Waals surface area contributed by atoms with E-state index in [1.54, 1.807) is 0 Å². The molecule has 98 valence electrons. The molecule has 1 saturated carbocycles. The molecule has 18 heavy (non-hydrogen) atoms. The summed E-state index contributed by atoms with van der Waals surface area (Å²) in [4.78, 5) is 8.97. The van der Waals surface area contributed by atoms with E-state index in [2.05, 4.69) is 15.3 Å². The standard InChI is InChI=1S/C13H20N4S/c1-9-8-11(12(14)18)17-13(16-9)15-7-6-10-4-2-3-5-10/h8,10H,2-7H2,1H3,(H2,14,18)(H,15,16,17). The summed E-state index contributed by atoms with van der Waals surface area (Å²) < 4.78 is 0. The summed E-state index contributed by atoms with van der Waals surface area (Å²) in [6.07, 6.45) is 6.71. The lowest BCUT2D eigenvalue weighted by Crippen LogP contribution is -2.15. The van der Waals surface area contributed by atoms with Gasteiger partial charge in [0.25, 0.3) is 0 Å². The van der Waals surface area contributed by atoms with Crippen LogP contribution in [-0.4, -0.2) is 21.5 Å². The summed E-state index contributed by atoms with van der Waals surface area (Å²) in [6, 6.07) is 1.81. The smallest absolute Gasteiger partial charge is 0.223 e. The molecular formula is C13H20N4S. The number of rotatable bonds is 5. The van der Waals surface area contributed by atoms with Gasteiger partial charge in [-0.3, -0.25) is 0 Å². The molecule has 0 unspecified atom stereocenters. The molecule has 0 aromatic carbocycles. The highest BCUT2D eigenvalue weighted by Crippen LogP contribution is 2.27. The molecule has 0 atom stereocenters. The fourth-order valence-electron chi connectivity index (χ4n) is 2.46. The molecule has 0 bridgehead atoms. The van der Waals surface area contributed by atoms with Crippen molar-refractivity contribution in [3.8, 4) is 0 Å². The molecule has 1 aliphatic carbocycles. The molecule has 0 aliphatic heterocycles. The molecular weight excluding hydrogens is 244 g/mol. The third-order valence-corrected chi connectivity index (χ3v) is 3.63. The van der Waals surface area contributed by atoms with Gasteiger partial charge in [0.1, 0.15) is 10.7 Å². The molecule has 0 saturated heterocycles. The van der Waals surface area contributed by atoms with Crippen LogP contribution in [0.25, 0.3) is 0 Å². The molecule has 1 fully saturated rings. The zero-order chi connectivity index (χ0) is 13.0. The molecule has 1 aromatic heterocycles. The first-order chi connectivity index (χ1) is 8.65. The highest BCUT2D eigenvalue weighted by Gasteiger charge is 2.14. The predicted molar refractivity (Wildman–Crippen MR) is 77.7 cm³/mol. The topological polar surface area (TPSA) is 63.8 Å². The predicted octanol–water partition coefficient (Wildman–Crippen LogP) is 2.41. The van der Waals surface area contributed by atoms with Gasteiger partial charge in [0, 0.05) is 12.2 Å². The average molecular weight is 264 g/mol. The first-order valence-corrected chi connectivity index (χ1v) is 6.95. The zero-order valence-electron chi connectivity index (χ0n) is 10.8. The zero-order valence-corrected chi connectivity index (χ0v) is 11.6. The molecule has 1 heterocycles. The lowest BCUT2D eigenvalue weighted by atomic mass is 10.0. The molecule has 0 spiro atoms. The van der Waals surface area contributed by atoms with Crippen LogP contribution in [0.5, 0.6) is 0 Å². The maximum atomic E-state index is 5.59. The molecule has 5 heteroatoms. The minimum Gasteiger partial charge on any atom is -0.388 e. The van der Waals surface area contributed by atoms with Gasteiger partial charge in [-0.05, 0) is 25.3 Å². The van der Waals surface area contributed by atoms with Crippen LogP contribution >= 0.6 is 12.2 Å². The van der Waals surface area contributed by atoms with E-state index in [0.29, 0.717) is 16.6 Å². The molecule has 1 aromatic rings. The SMILES string of the molecule is Cc1cc(C(N)=S)nc(NCCC2CCCC2)n1. The van der Waals surface area contributed by atoms with E-state index in [0.717, 1.165) is 18.2 Å². The number of nitrogens with one attached hydrogen (secondary N) is 1. The fourth-order valence-corrected chi connectivity index (χ4v) is 2.57. The lowest BCUT2D eigenvalue weighted by molar-refractivity contribution is 0.518. The number of nitrogens with zero attached hydrogens (tertiary/aromatic N) is 2. The van der Waals surface area contributed by atoms with Gasteiger partial charge in [0.15, 0.2) is 0 Å². The molecule has 2 rings (SSSR count). The summed E-state index contributed by atoms with van der Waals surface area (Å²) in [5, 5.41) is 3.27. The highest BCUT2D eigenvalue weighted by atomic mass is 32.1. The van der Waals surface area contributed by atoms with Gasteiger partial charge < -0.3 is 11.1 Å². The van der Waals surface area contributed by atoms with Crippen LogP contribution in [-0.2, 0) is 0 Å². The molecule has 0 amide bonds. The Morgan fingerprint density at radius 1 is 1.44 bits per heavy atom. The summed E-state index contributed by atoms with van der Waals surface area (Å²) in [5.41, 5.74) is 7.12. The Bertz CT molecular complexity index is 427. The largest absolute Gasteiger partial charge is 0.388 e. The Kier molecular flexibility index (Phi) is 4.47. The average Bonchev–Trinajstić information content (AvgIpc) is 2.81. The van der Waals surface area contributed by atoms with Gasteiger partial charge >= 0.3 is 0 Å². The van der Waals surface area contributed by atoms with E-state index in [-0.39, 0.29) is 0 Å². The van der Waals surface area contributed by atoms with Crippen LogP contribution in [0.15, 0.2) is 6.07 Å². The molecule has 0 radical (unpaired) electrons. The third-order valence-electron chi connectivity index (χ3n) is 3.42. The van der Waals surface area contributed by atoms with Gasteiger partial charge in [0.05, 0.1) is 0 Å². The number of aromatic nitrogens is 2. The van der Waals surface area contributed by atoms with E-state index >= 15 is 0 Å². The summed E-state index contributed by atoms with van der Waals surface area (Å²) in [7, 11) is 0. The van der Waals surface area contributed by atoms with Crippen molar-refractivity contribution in [2.75, 3.05) is 11.9 Å². The van der Waals surface area contributed by atoms with Crippen LogP contribution in [0.4, 0.5) is 5.95 Å². The van der Waals surface area contributed by atoms with Gasteiger partial charge in [-0.2, -0.15) is 0 Å². The first-order valence-electron chi connectivity index (χ1n) is 6.54. The number of hydrogen-bond acceptors (Lipinski definition) is 4. The van der Waals surface area contributed by atoms with Crippen molar-refractivity contribution in [3.05, 3.63) is 17.5 Å². The number of nitrogens with two attached hydrogens (primary N) is 1. The Morgan fingerprint density at radius 2 is 2.17 bits per heavy atom. The highest BCUT2D eigenvalue weighted by molar-refractivity contribution is 7.80. The molecule has 4 nitrogen and oxygen atoms in total. The minimum absolute atomic E-state index is 0.319. The molecule has 1 aliphatic rings. The summed E-state index contributed by atoms with van der Waals surface area (Å²) in [5.74, 6) is 1.51. The van der Waals surface area contributed by atoms with Gasteiger partial charge in [0.2, 0.25) is 5.95 Å². The number of anilines is 1. The summed E-state index contributed by atoms with van der Waals surface area (Å²) >= 11 is 4.94. The van der Waals surface area contributed by atoms with E-state index in [9.17, 15) is 0 Å². The van der Waals surface area contributed by atoms with Crippen molar-refractivity contribution in [1.82, 2.24) is 9.97 Å². The van der Waals surface area contributed by atoms with Crippen LogP contribution in [0.3, 0.4) is 0 Å². The maximum Gasteiger partial charge on any atom is 0.223 e. The Morgan fingerprint density at radius 3 is 2.83 bits per heavy atom. The number of thiocarbonyl (C=S) groups is 1. The van der Waals surface area contributed by atoms with Gasteiger partial charge in [-0.25, -0.2) is 9.97 Å². The fraction of sp³-hybridized carbons (Fsp3) is 0.615. The monoisotopic (exact) mass is 264 g/mol. The number of aryl methyl sites for hydroxylation is 1. The third kappa shape index (κ3) is 3.63. The second-order valence-electron chi connectivity index (χ2n) is 4.95. The Balaban J connectivity index is 1.89. The maximum absolute atomic E-state index is 5.59. The summed E-state index contributed by atoms with van der Waals surface area (Å²) in [6.45, 7) is 2.84. The van der Waals surface area contributed by atoms with E-state index in [1.807, 2.05) is 13.0 Å². The molecule has 3 N–H and O–H groups in total. The van der Waals surface area contributed by atoms with Crippen LogP contribution in [0.1, 0.15) is 43.5 Å². The van der Waals surface area contributed by atoms with Crippen molar-refractivity contribution in [1.29, 1.82) is 0 Å². The Labute approximate surface area is 113 Å². The second-order valence-corrected chi connectivity index (χ2v) is 5.39. The first kappa shape index (κ1) is 13.2. The quantitative estimate of drug-likeness (QED) is 0.800. The van der Waals surface area contributed by atoms with Crippen molar-refractivity contribution >= 4 is 23.2 Å². The van der Waals surface area contributed by atoms with Gasteiger partial charge in [-0.1, -0.05) is 37.9 Å². The van der Waals surface area contributed by atoms with Crippen molar-refractivity contribution in [2.45, 2.75) is 39.0 Å². The van der Waals surface area contributed by atoms with Crippen molar-refractivity contribution in [2.24, 2.45) is 11.7 Å². The number of hydrogen-bond donors (Lipinski definition) is 2. The van der Waals surface area contributed by atoms with Crippen molar-refractivity contribution < 1.29 is 0 Å². The van der Waals surface area contributed by atoms with Crippen LogP contribution < -0.4 is 11.1 Å². The van der Waals surface area contributed by atoms with E-state index in [4.69, 9.17) is 18.0 Å². The van der Waals surface area contributed by atoms with E-state index in [1.165, 1.54) is 32.1 Å². The lowest BCUT2D eigenvalue weighted by Gasteiger charge is -2.10. The van der Waals surface area contributed by atoms with Crippen LogP contribution in [0, 0.1) is 12.8 Å². The normalized spacial score (nSPS) is 15.8. The van der Waals surface area contributed by atoms with Crippen molar-refractivity contribution in [3.63, 3.8) is 0 Å². The van der Waals surface area contributed by atoms with E-state index < -0.39 is 0 Å².